The largest absolute Gasteiger partial charge is 0.493 e. The quantitative estimate of drug-likeness (QED) is 0.402. The van der Waals surface area contributed by atoms with Gasteiger partial charge >= 0.3 is 5.97 Å². The molecule has 0 N–H and O–H groups in total. The molecule has 0 bridgehead atoms. The van der Waals surface area contributed by atoms with E-state index < -0.39 is 0 Å². The highest BCUT2D eigenvalue weighted by molar-refractivity contribution is 7.99. The van der Waals surface area contributed by atoms with E-state index in [2.05, 4.69) is 12.1 Å². The smallest absolute Gasteiger partial charge is 0.308 e. The van der Waals surface area contributed by atoms with Crippen molar-refractivity contribution in [3.63, 3.8) is 0 Å². The number of carbonyl (C=O) groups excluding carboxylic acids is 2. The Hall–Kier alpha value is -2.47. The number of amides is 1. The minimum Gasteiger partial charge on any atom is -0.493 e. The topological polar surface area (TPSA) is 55.8 Å². The average Bonchev–Trinajstić information content (AvgIpc) is 2.77. The standard InChI is InChI=1S/C22H25NO4S/c1-26-22(25)18-11-13-23(14-12-18)21(24)17-7-9-19(10-8-17)27-15-16-28-20-5-3-2-4-6-20/h2-10,18H,11-16H2,1H3. The summed E-state index contributed by atoms with van der Waals surface area (Å²) in [4.78, 5) is 27.3. The summed E-state index contributed by atoms with van der Waals surface area (Å²) in [5, 5.41) is 0. The van der Waals surface area contributed by atoms with Gasteiger partial charge in [0.25, 0.3) is 5.91 Å². The number of likely N-dealkylation sites (tertiary alicyclic amines) is 1. The van der Waals surface area contributed by atoms with E-state index in [4.69, 9.17) is 9.47 Å². The fraction of sp³-hybridized carbons (Fsp3) is 0.364. The van der Waals surface area contributed by atoms with Crippen LogP contribution in [0.4, 0.5) is 0 Å². The van der Waals surface area contributed by atoms with Crippen molar-refractivity contribution in [2.75, 3.05) is 32.6 Å². The molecule has 1 saturated heterocycles. The minimum atomic E-state index is -0.181. The Bertz CT molecular complexity index is 771. The summed E-state index contributed by atoms with van der Waals surface area (Å²) in [6.45, 7) is 1.76. The number of methoxy groups -OCH3 is 1. The fourth-order valence-electron chi connectivity index (χ4n) is 3.20. The third-order valence-electron chi connectivity index (χ3n) is 4.78. The number of hydrogen-bond donors (Lipinski definition) is 0. The van der Waals surface area contributed by atoms with Crippen LogP contribution >= 0.6 is 11.8 Å². The van der Waals surface area contributed by atoms with Crippen molar-refractivity contribution in [2.24, 2.45) is 5.92 Å². The van der Waals surface area contributed by atoms with Crippen LogP contribution in [0, 0.1) is 5.92 Å². The van der Waals surface area contributed by atoms with Gasteiger partial charge in [-0.15, -0.1) is 11.8 Å². The lowest BCUT2D eigenvalue weighted by Gasteiger charge is -2.30. The minimum absolute atomic E-state index is 0.00509. The number of nitrogens with zero attached hydrogens (tertiary/aromatic N) is 1. The van der Waals surface area contributed by atoms with Crippen LogP contribution in [0.5, 0.6) is 5.75 Å². The summed E-state index contributed by atoms with van der Waals surface area (Å²) in [6, 6.07) is 17.5. The molecule has 6 heteroatoms. The molecule has 1 heterocycles. The van der Waals surface area contributed by atoms with Gasteiger partial charge < -0.3 is 14.4 Å². The first-order valence-corrected chi connectivity index (χ1v) is 10.4. The first-order valence-electron chi connectivity index (χ1n) is 9.45. The third kappa shape index (κ3) is 5.52. The van der Waals surface area contributed by atoms with Gasteiger partial charge in [0.2, 0.25) is 0 Å². The highest BCUT2D eigenvalue weighted by atomic mass is 32.2. The second-order valence-electron chi connectivity index (χ2n) is 6.62. The molecule has 1 amide bonds. The molecule has 0 aromatic heterocycles. The summed E-state index contributed by atoms with van der Waals surface area (Å²) in [7, 11) is 1.41. The highest BCUT2D eigenvalue weighted by Gasteiger charge is 2.28. The SMILES string of the molecule is COC(=O)C1CCN(C(=O)c2ccc(OCCSc3ccccc3)cc2)CC1. The molecule has 28 heavy (non-hydrogen) atoms. The summed E-state index contributed by atoms with van der Waals surface area (Å²) >= 11 is 1.75. The highest BCUT2D eigenvalue weighted by Crippen LogP contribution is 2.22. The van der Waals surface area contributed by atoms with Crippen molar-refractivity contribution in [3.05, 3.63) is 60.2 Å². The monoisotopic (exact) mass is 399 g/mol. The second kappa shape index (κ2) is 10.2. The van der Waals surface area contributed by atoms with Crippen LogP contribution in [-0.4, -0.2) is 49.3 Å². The number of ether oxygens (including phenoxy) is 2. The summed E-state index contributed by atoms with van der Waals surface area (Å²) in [5.41, 5.74) is 0.641. The van der Waals surface area contributed by atoms with Gasteiger partial charge in [-0.1, -0.05) is 18.2 Å². The molecule has 1 fully saturated rings. The van der Waals surface area contributed by atoms with Crippen LogP contribution in [0.15, 0.2) is 59.5 Å². The lowest BCUT2D eigenvalue weighted by atomic mass is 9.96. The fourth-order valence-corrected chi connectivity index (χ4v) is 3.95. The molecule has 0 radical (unpaired) electrons. The number of thioether (sulfide) groups is 1. The molecule has 2 aromatic carbocycles. The number of hydrogen-bond acceptors (Lipinski definition) is 5. The zero-order valence-electron chi connectivity index (χ0n) is 16.0. The Labute approximate surface area is 170 Å². The van der Waals surface area contributed by atoms with E-state index in [0.29, 0.717) is 38.1 Å². The number of rotatable bonds is 7. The Morgan fingerprint density at radius 1 is 1.04 bits per heavy atom. The number of esters is 1. The van der Waals surface area contributed by atoms with Gasteiger partial charge in [0.05, 0.1) is 19.6 Å². The predicted octanol–water partition coefficient (Wildman–Crippen LogP) is 3.88. The van der Waals surface area contributed by atoms with E-state index in [1.165, 1.54) is 12.0 Å². The maximum absolute atomic E-state index is 12.6. The van der Waals surface area contributed by atoms with Crippen LogP contribution in [0.2, 0.25) is 0 Å². The van der Waals surface area contributed by atoms with Gasteiger partial charge in [0.15, 0.2) is 0 Å². The molecule has 0 aliphatic carbocycles. The van der Waals surface area contributed by atoms with Crippen LogP contribution in [-0.2, 0) is 9.53 Å². The Morgan fingerprint density at radius 3 is 2.36 bits per heavy atom. The van der Waals surface area contributed by atoms with Crippen LogP contribution < -0.4 is 4.74 Å². The van der Waals surface area contributed by atoms with Crippen molar-refractivity contribution in [3.8, 4) is 5.75 Å². The molecular formula is C22H25NO4S. The molecule has 0 unspecified atom stereocenters. The van der Waals surface area contributed by atoms with Crippen molar-refractivity contribution in [1.29, 1.82) is 0 Å². The Morgan fingerprint density at radius 2 is 1.71 bits per heavy atom. The van der Waals surface area contributed by atoms with Gasteiger partial charge in [-0.3, -0.25) is 9.59 Å². The molecule has 0 spiro atoms. The van der Waals surface area contributed by atoms with E-state index in [9.17, 15) is 9.59 Å². The Balaban J connectivity index is 1.43. The number of benzene rings is 2. The molecule has 5 nitrogen and oxygen atoms in total. The predicted molar refractivity (Wildman–Crippen MR) is 110 cm³/mol. The van der Waals surface area contributed by atoms with Crippen LogP contribution in [0.3, 0.4) is 0 Å². The molecule has 0 saturated carbocycles. The average molecular weight is 400 g/mol. The molecule has 0 atom stereocenters. The first-order chi connectivity index (χ1) is 13.7. The Kier molecular flexibility index (Phi) is 7.37. The maximum Gasteiger partial charge on any atom is 0.308 e. The van der Waals surface area contributed by atoms with Gasteiger partial charge in [0, 0.05) is 29.3 Å². The van der Waals surface area contributed by atoms with Crippen molar-refractivity contribution in [1.82, 2.24) is 4.90 Å². The lowest BCUT2D eigenvalue weighted by Crippen LogP contribution is -2.40. The number of carbonyl (C=O) groups is 2. The van der Waals surface area contributed by atoms with Gasteiger partial charge in [0.1, 0.15) is 5.75 Å². The first kappa shape index (κ1) is 20.3. The van der Waals surface area contributed by atoms with Crippen molar-refractivity contribution >= 4 is 23.6 Å². The zero-order valence-corrected chi connectivity index (χ0v) is 16.8. The molecular weight excluding hydrogens is 374 g/mol. The third-order valence-corrected chi connectivity index (χ3v) is 5.76. The van der Waals surface area contributed by atoms with Crippen LogP contribution in [0.25, 0.3) is 0 Å². The summed E-state index contributed by atoms with van der Waals surface area (Å²) < 4.78 is 10.6. The second-order valence-corrected chi connectivity index (χ2v) is 7.79. The van der Waals surface area contributed by atoms with E-state index in [0.717, 1.165) is 11.5 Å². The summed E-state index contributed by atoms with van der Waals surface area (Å²) in [5.74, 6) is 1.33. The van der Waals surface area contributed by atoms with Gasteiger partial charge in [-0.05, 0) is 49.2 Å². The molecule has 1 aliphatic rings. The molecule has 2 aromatic rings. The van der Waals surface area contributed by atoms with E-state index in [-0.39, 0.29) is 17.8 Å². The van der Waals surface area contributed by atoms with Crippen LogP contribution in [0.1, 0.15) is 23.2 Å². The molecule has 3 rings (SSSR count). The number of piperidine rings is 1. The van der Waals surface area contributed by atoms with Crippen molar-refractivity contribution < 1.29 is 19.1 Å². The van der Waals surface area contributed by atoms with E-state index in [1.54, 1.807) is 28.8 Å². The zero-order chi connectivity index (χ0) is 19.8. The van der Waals surface area contributed by atoms with Crippen molar-refractivity contribution in [2.45, 2.75) is 17.7 Å². The van der Waals surface area contributed by atoms with E-state index >= 15 is 0 Å². The van der Waals surface area contributed by atoms with E-state index in [1.807, 2.05) is 30.3 Å². The summed E-state index contributed by atoms with van der Waals surface area (Å²) in [6.07, 6.45) is 1.30. The molecule has 148 valence electrons. The van der Waals surface area contributed by atoms with Gasteiger partial charge in [-0.2, -0.15) is 0 Å². The van der Waals surface area contributed by atoms with Gasteiger partial charge in [-0.25, -0.2) is 0 Å². The lowest BCUT2D eigenvalue weighted by molar-refractivity contribution is -0.146. The normalized spacial score (nSPS) is 14.5. The maximum atomic E-state index is 12.6. The molecule has 1 aliphatic heterocycles.